The number of nitrogens with zero attached hydrogens (tertiary/aromatic N) is 5. The molecule has 0 radical (unpaired) electrons. The van der Waals surface area contributed by atoms with Crippen molar-refractivity contribution in [2.45, 2.75) is 33.2 Å². The van der Waals surface area contributed by atoms with E-state index in [2.05, 4.69) is 27.1 Å². The lowest BCUT2D eigenvalue weighted by Crippen LogP contribution is -2.46. The van der Waals surface area contributed by atoms with Gasteiger partial charge in [-0.25, -0.2) is 4.68 Å². The third-order valence-corrected chi connectivity index (χ3v) is 6.72. The molecule has 8 nitrogen and oxygen atoms in total. The molecule has 1 amide bonds. The van der Waals surface area contributed by atoms with Crippen LogP contribution in [0.5, 0.6) is 0 Å². The van der Waals surface area contributed by atoms with Crippen LogP contribution in [-0.4, -0.2) is 75.7 Å². The summed E-state index contributed by atoms with van der Waals surface area (Å²) in [5, 5.41) is 9.43. The average molecular weight is 431 g/mol. The van der Waals surface area contributed by atoms with Crippen LogP contribution < -0.4 is 10.9 Å². The number of hydrogen-bond acceptors (Lipinski definition) is 6. The third-order valence-electron chi connectivity index (χ3n) is 5.87. The highest BCUT2D eigenvalue weighted by atomic mass is 32.1. The predicted octanol–water partition coefficient (Wildman–Crippen LogP) is 1.42. The number of carbonyl (C=O) groups is 1. The Morgan fingerprint density at radius 2 is 1.93 bits per heavy atom. The molecule has 0 aliphatic carbocycles. The Morgan fingerprint density at radius 3 is 2.67 bits per heavy atom. The maximum absolute atomic E-state index is 12.9. The molecular weight excluding hydrogens is 400 g/mol. The molecule has 1 aliphatic heterocycles. The van der Waals surface area contributed by atoms with Gasteiger partial charge < -0.3 is 15.1 Å². The molecule has 4 rings (SSSR count). The number of likely N-dealkylation sites (N-methyl/N-ethyl adjacent to an activating group) is 1. The summed E-state index contributed by atoms with van der Waals surface area (Å²) in [6, 6.07) is 3.91. The number of fused-ring (bicyclic) bond motifs is 3. The zero-order valence-corrected chi connectivity index (χ0v) is 18.6. The lowest BCUT2D eigenvalue weighted by atomic mass is 10.3. The number of amides is 1. The minimum Gasteiger partial charge on any atom is -0.354 e. The van der Waals surface area contributed by atoms with E-state index >= 15 is 0 Å². The van der Waals surface area contributed by atoms with E-state index in [0.29, 0.717) is 18.5 Å². The summed E-state index contributed by atoms with van der Waals surface area (Å²) >= 11 is 1.60. The lowest BCUT2D eigenvalue weighted by Gasteiger charge is -2.33. The third kappa shape index (κ3) is 4.28. The second-order valence-electron chi connectivity index (χ2n) is 7.75. The van der Waals surface area contributed by atoms with Gasteiger partial charge in [0.05, 0.1) is 10.2 Å². The van der Waals surface area contributed by atoms with E-state index in [4.69, 9.17) is 0 Å². The molecule has 0 atom stereocenters. The van der Waals surface area contributed by atoms with Crippen molar-refractivity contribution in [3.05, 3.63) is 33.7 Å². The van der Waals surface area contributed by atoms with Crippen molar-refractivity contribution in [3.63, 3.8) is 0 Å². The monoisotopic (exact) mass is 430 g/mol. The van der Waals surface area contributed by atoms with Crippen LogP contribution in [0.4, 0.5) is 0 Å². The second kappa shape index (κ2) is 9.28. The smallest absolute Gasteiger partial charge is 0.291 e. The molecule has 4 heterocycles. The maximum Gasteiger partial charge on any atom is 0.291 e. The first-order valence-electron chi connectivity index (χ1n) is 10.8. The molecule has 1 aliphatic rings. The van der Waals surface area contributed by atoms with E-state index < -0.39 is 0 Å². The highest BCUT2D eigenvalue weighted by molar-refractivity contribution is 7.17. The van der Waals surface area contributed by atoms with Gasteiger partial charge in [-0.1, -0.05) is 13.8 Å². The minimum absolute atomic E-state index is 0.0453. The van der Waals surface area contributed by atoms with Crippen molar-refractivity contribution in [1.29, 1.82) is 0 Å². The molecule has 162 valence electrons. The van der Waals surface area contributed by atoms with E-state index in [1.54, 1.807) is 11.3 Å². The van der Waals surface area contributed by atoms with Crippen molar-refractivity contribution in [1.82, 2.24) is 29.3 Å². The van der Waals surface area contributed by atoms with Crippen LogP contribution in [0.15, 0.2) is 22.3 Å². The van der Waals surface area contributed by atoms with Gasteiger partial charge in [-0.3, -0.25) is 14.0 Å². The van der Waals surface area contributed by atoms with Gasteiger partial charge in [-0.15, -0.1) is 11.3 Å². The standard InChI is InChI=1S/C21H30N6O2S/c1-3-19-23-26(21(29)17-14-18-16(27(17)19)6-13-30-18)15-20(28)22-7-5-8-25-11-9-24(4-2)10-12-25/h6,13-14H,3-5,7-12,15H2,1-2H3,(H,22,28). The number of hydrogen-bond donors (Lipinski definition) is 1. The number of aromatic nitrogens is 3. The molecular formula is C21H30N6O2S. The first-order valence-corrected chi connectivity index (χ1v) is 11.7. The van der Waals surface area contributed by atoms with E-state index in [9.17, 15) is 9.59 Å². The fraction of sp³-hybridized carbons (Fsp3) is 0.571. The first kappa shape index (κ1) is 21.0. The summed E-state index contributed by atoms with van der Waals surface area (Å²) in [5.74, 6) is 0.622. The van der Waals surface area contributed by atoms with E-state index in [1.807, 2.05) is 28.8 Å². The molecule has 0 bridgehead atoms. The second-order valence-corrected chi connectivity index (χ2v) is 8.69. The molecule has 0 saturated carbocycles. The molecule has 0 aromatic carbocycles. The van der Waals surface area contributed by atoms with Crippen LogP contribution in [-0.2, 0) is 17.8 Å². The van der Waals surface area contributed by atoms with Crippen molar-refractivity contribution in [3.8, 4) is 0 Å². The van der Waals surface area contributed by atoms with Gasteiger partial charge in [0.2, 0.25) is 5.91 Å². The minimum atomic E-state index is -0.223. The summed E-state index contributed by atoms with van der Waals surface area (Å²) in [6.45, 7) is 11.3. The fourth-order valence-corrected chi connectivity index (χ4v) is 4.91. The van der Waals surface area contributed by atoms with Crippen molar-refractivity contribution in [2.24, 2.45) is 0 Å². The number of rotatable bonds is 8. The van der Waals surface area contributed by atoms with Crippen LogP contribution in [0, 0.1) is 0 Å². The van der Waals surface area contributed by atoms with Crippen molar-refractivity contribution in [2.75, 3.05) is 45.8 Å². The van der Waals surface area contributed by atoms with E-state index in [1.165, 1.54) is 4.68 Å². The van der Waals surface area contributed by atoms with Gasteiger partial charge in [0.15, 0.2) is 0 Å². The van der Waals surface area contributed by atoms with Gasteiger partial charge in [-0.2, -0.15) is 5.10 Å². The number of thiophene rings is 1. The van der Waals surface area contributed by atoms with Gasteiger partial charge in [-0.05, 0) is 37.0 Å². The zero-order valence-electron chi connectivity index (χ0n) is 17.8. The molecule has 0 spiro atoms. The van der Waals surface area contributed by atoms with Gasteiger partial charge >= 0.3 is 0 Å². The van der Waals surface area contributed by atoms with Crippen LogP contribution >= 0.6 is 11.3 Å². The highest BCUT2D eigenvalue weighted by Gasteiger charge is 2.17. The molecule has 3 aromatic heterocycles. The predicted molar refractivity (Wildman–Crippen MR) is 120 cm³/mol. The Labute approximate surface area is 180 Å². The Hall–Kier alpha value is -2.23. The van der Waals surface area contributed by atoms with Crippen LogP contribution in [0.1, 0.15) is 26.1 Å². The number of piperazine rings is 1. The highest BCUT2D eigenvalue weighted by Crippen LogP contribution is 2.24. The van der Waals surface area contributed by atoms with E-state index in [0.717, 1.165) is 61.7 Å². The van der Waals surface area contributed by atoms with Crippen LogP contribution in [0.2, 0.25) is 0 Å². The Morgan fingerprint density at radius 1 is 1.17 bits per heavy atom. The Balaban J connectivity index is 1.34. The zero-order chi connectivity index (χ0) is 21.1. The van der Waals surface area contributed by atoms with Crippen LogP contribution in [0.25, 0.3) is 15.7 Å². The summed E-state index contributed by atoms with van der Waals surface area (Å²) in [7, 11) is 0. The summed E-state index contributed by atoms with van der Waals surface area (Å²) in [5.41, 5.74) is 1.37. The number of aryl methyl sites for hydroxylation is 1. The summed E-state index contributed by atoms with van der Waals surface area (Å²) in [4.78, 5) is 30.2. The quantitative estimate of drug-likeness (QED) is 0.547. The fourth-order valence-electron chi connectivity index (χ4n) is 4.11. The summed E-state index contributed by atoms with van der Waals surface area (Å²) in [6.07, 6.45) is 1.59. The number of carbonyl (C=O) groups excluding carboxylic acids is 1. The molecule has 30 heavy (non-hydrogen) atoms. The van der Waals surface area contributed by atoms with Gasteiger partial charge in [0.1, 0.15) is 17.9 Å². The Bertz CT molecular complexity index is 1080. The van der Waals surface area contributed by atoms with Crippen molar-refractivity contribution >= 4 is 33.0 Å². The molecule has 0 unspecified atom stereocenters. The SMILES string of the molecule is CCc1nn(CC(=O)NCCCN2CCN(CC)CC2)c(=O)c2cc3sccc3n12. The summed E-state index contributed by atoms with van der Waals surface area (Å²) < 4.78 is 4.28. The molecule has 1 saturated heterocycles. The molecule has 9 heteroatoms. The van der Waals surface area contributed by atoms with Crippen molar-refractivity contribution < 1.29 is 4.79 Å². The van der Waals surface area contributed by atoms with E-state index in [-0.39, 0.29) is 18.0 Å². The first-order chi connectivity index (χ1) is 14.6. The van der Waals surface area contributed by atoms with Gasteiger partial charge in [0.25, 0.3) is 5.56 Å². The topological polar surface area (TPSA) is 74.9 Å². The maximum atomic E-state index is 12.9. The largest absolute Gasteiger partial charge is 0.354 e. The molecule has 3 aromatic rings. The lowest BCUT2D eigenvalue weighted by molar-refractivity contribution is -0.121. The number of nitrogens with one attached hydrogen (secondary N) is 1. The Kier molecular flexibility index (Phi) is 6.50. The molecule has 1 fully saturated rings. The molecule has 1 N–H and O–H groups in total. The van der Waals surface area contributed by atoms with Gasteiger partial charge in [0, 0.05) is 39.1 Å². The normalized spacial score (nSPS) is 15.9. The average Bonchev–Trinajstić information content (AvgIpc) is 3.35. The van der Waals surface area contributed by atoms with Crippen LogP contribution in [0.3, 0.4) is 0 Å².